The van der Waals surface area contributed by atoms with Gasteiger partial charge in [0, 0.05) is 31.9 Å². The van der Waals surface area contributed by atoms with Gasteiger partial charge in [0.2, 0.25) is 5.95 Å². The van der Waals surface area contributed by atoms with Crippen molar-refractivity contribution in [3.63, 3.8) is 0 Å². The van der Waals surface area contributed by atoms with Crippen molar-refractivity contribution in [2.24, 2.45) is 11.8 Å². The number of fused-ring (bicyclic) bond motifs is 1. The smallest absolute Gasteiger partial charge is 0.790 e. The molecule has 2 heterocycles. The number of hydrogen-bond donors (Lipinski definition) is 2. The van der Waals surface area contributed by atoms with Crippen LogP contribution >= 0.6 is 7.82 Å². The topological polar surface area (TPSA) is 143 Å². The van der Waals surface area contributed by atoms with Gasteiger partial charge in [0.15, 0.2) is 0 Å². The summed E-state index contributed by atoms with van der Waals surface area (Å²) in [5.41, 5.74) is 1.56. The van der Waals surface area contributed by atoms with Crippen molar-refractivity contribution in [1.29, 1.82) is 0 Å². The van der Waals surface area contributed by atoms with Crippen LogP contribution in [-0.4, -0.2) is 41.1 Å². The van der Waals surface area contributed by atoms with Crippen molar-refractivity contribution in [2.75, 3.05) is 23.3 Å². The van der Waals surface area contributed by atoms with Crippen molar-refractivity contribution >= 4 is 25.5 Å². The SMILES string of the molecule is Cc1ccc(CNc2nc(N3CC4CC4C3)ncc2C(=O)NC2CCC(OP(=O)([O-])[O-])CC2)cc1F.[Na+].[Na+]. The van der Waals surface area contributed by atoms with Crippen LogP contribution in [0.15, 0.2) is 24.4 Å². The molecule has 1 saturated heterocycles. The van der Waals surface area contributed by atoms with E-state index >= 15 is 0 Å². The molecule has 1 aliphatic heterocycles. The number of benzene rings is 1. The first-order valence-corrected chi connectivity index (χ1v) is 13.7. The molecule has 10 nitrogen and oxygen atoms in total. The molecule has 3 aliphatic rings. The average molecular weight is 563 g/mol. The number of nitrogens with zero attached hydrogens (tertiary/aromatic N) is 3. The van der Waals surface area contributed by atoms with Gasteiger partial charge in [-0.25, -0.2) is 9.37 Å². The Morgan fingerprint density at radius 2 is 1.87 bits per heavy atom. The summed E-state index contributed by atoms with van der Waals surface area (Å²) >= 11 is 0. The molecule has 14 heteroatoms. The number of anilines is 2. The molecular weight excluding hydrogens is 534 g/mol. The first-order valence-electron chi connectivity index (χ1n) is 12.3. The molecule has 2 aromatic rings. The van der Waals surface area contributed by atoms with E-state index in [0.717, 1.165) is 18.7 Å². The molecule has 3 fully saturated rings. The van der Waals surface area contributed by atoms with Gasteiger partial charge in [-0.05, 0) is 68.1 Å². The Kier molecular flexibility index (Phi) is 11.2. The Hall–Kier alpha value is -0.590. The normalized spacial score (nSPS) is 24.1. The van der Waals surface area contributed by atoms with Gasteiger partial charge >= 0.3 is 59.1 Å². The Bertz CT molecular complexity index is 1190. The maximum atomic E-state index is 14.0. The second-order valence-electron chi connectivity index (χ2n) is 10.0. The fourth-order valence-electron chi connectivity index (χ4n) is 5.08. The minimum absolute atomic E-state index is 0. The largest absolute Gasteiger partial charge is 1.00 e. The molecule has 2 atom stereocenters. The van der Waals surface area contributed by atoms with Crippen LogP contribution in [0.1, 0.15) is 53.6 Å². The minimum atomic E-state index is -5.03. The van der Waals surface area contributed by atoms with Crippen LogP contribution in [-0.2, 0) is 15.6 Å². The summed E-state index contributed by atoms with van der Waals surface area (Å²) in [6.07, 6.45) is 3.79. The molecule has 1 aromatic heterocycles. The van der Waals surface area contributed by atoms with Crippen LogP contribution in [0.5, 0.6) is 0 Å². The number of rotatable bonds is 8. The van der Waals surface area contributed by atoms with Crippen LogP contribution in [0.4, 0.5) is 16.2 Å². The number of hydrogen-bond acceptors (Lipinski definition) is 9. The Morgan fingerprint density at radius 1 is 1.18 bits per heavy atom. The van der Waals surface area contributed by atoms with Crippen molar-refractivity contribution in [1.82, 2.24) is 15.3 Å². The van der Waals surface area contributed by atoms with Crippen LogP contribution < -0.4 is 84.4 Å². The molecule has 2 N–H and O–H groups in total. The Morgan fingerprint density at radius 3 is 2.50 bits per heavy atom. The number of phosphoric ester groups is 1. The predicted octanol–water partition coefficient (Wildman–Crippen LogP) is -4.11. The van der Waals surface area contributed by atoms with E-state index in [4.69, 9.17) is 0 Å². The first-order chi connectivity index (χ1) is 17.1. The number of aromatic nitrogens is 2. The maximum absolute atomic E-state index is 14.0. The zero-order valence-electron chi connectivity index (χ0n) is 22.0. The fraction of sp³-hybridized carbons (Fsp3) is 0.542. The van der Waals surface area contributed by atoms with Crippen LogP contribution in [0.2, 0.25) is 0 Å². The summed E-state index contributed by atoms with van der Waals surface area (Å²) in [6, 6.07) is 4.80. The molecule has 2 saturated carbocycles. The summed E-state index contributed by atoms with van der Waals surface area (Å²) in [7, 11) is -5.03. The maximum Gasteiger partial charge on any atom is 1.00 e. The van der Waals surface area contributed by atoms with E-state index in [1.165, 1.54) is 18.7 Å². The average Bonchev–Trinajstić information content (AvgIpc) is 3.44. The molecule has 2 aliphatic carbocycles. The van der Waals surface area contributed by atoms with Gasteiger partial charge in [0.25, 0.3) is 5.91 Å². The third-order valence-electron chi connectivity index (χ3n) is 7.27. The van der Waals surface area contributed by atoms with E-state index in [2.05, 4.69) is 30.0 Å². The summed E-state index contributed by atoms with van der Waals surface area (Å²) in [6.45, 7) is 3.80. The Labute approximate surface area is 265 Å². The first kappa shape index (κ1) is 31.9. The Balaban J connectivity index is 0.00000200. The molecule has 0 bridgehead atoms. The molecule has 0 radical (unpaired) electrons. The summed E-state index contributed by atoms with van der Waals surface area (Å²) in [5.74, 6) is 1.67. The molecule has 1 aromatic carbocycles. The molecule has 194 valence electrons. The molecular formula is C24H29FN5Na2O5P. The van der Waals surface area contributed by atoms with Crippen molar-refractivity contribution < 1.29 is 87.2 Å². The van der Waals surface area contributed by atoms with E-state index in [-0.39, 0.29) is 89.0 Å². The van der Waals surface area contributed by atoms with Gasteiger partial charge < -0.3 is 34.4 Å². The number of phosphoric acid groups is 1. The monoisotopic (exact) mass is 563 g/mol. The van der Waals surface area contributed by atoms with Crippen LogP contribution in [0.25, 0.3) is 0 Å². The number of carbonyl (C=O) groups excluding carboxylic acids is 1. The van der Waals surface area contributed by atoms with Gasteiger partial charge in [-0.15, -0.1) is 0 Å². The standard InChI is InChI=1S/C24H31FN5O5P.2Na/c1-14-2-3-15(8-21(14)25)10-26-22-20(11-27-24(29-22)30-12-16-9-17(16)13-30)23(31)28-18-4-6-19(7-5-18)35-36(32,33)34;;/h2-3,8,11,16-19H,4-7,9-10,12-13H2,1H3,(H,28,31)(H,26,27,29)(H2,32,33,34);;/q;2*+1/p-2. The number of amides is 1. The van der Waals surface area contributed by atoms with Gasteiger partial charge in [0.05, 0.1) is 13.9 Å². The predicted molar refractivity (Wildman–Crippen MR) is 127 cm³/mol. The molecule has 5 rings (SSSR count). The van der Waals surface area contributed by atoms with E-state index in [0.29, 0.717) is 54.8 Å². The molecule has 0 spiro atoms. The van der Waals surface area contributed by atoms with Crippen molar-refractivity contribution in [3.8, 4) is 0 Å². The van der Waals surface area contributed by atoms with Crippen LogP contribution in [0.3, 0.4) is 0 Å². The van der Waals surface area contributed by atoms with Crippen molar-refractivity contribution in [3.05, 3.63) is 46.9 Å². The summed E-state index contributed by atoms with van der Waals surface area (Å²) in [5, 5.41) is 6.15. The minimum Gasteiger partial charge on any atom is -0.790 e. The number of nitrogens with one attached hydrogen (secondary N) is 2. The second-order valence-corrected chi connectivity index (χ2v) is 11.1. The van der Waals surface area contributed by atoms with Gasteiger partial charge in [-0.2, -0.15) is 4.98 Å². The van der Waals surface area contributed by atoms with E-state index in [1.807, 2.05) is 6.07 Å². The molecule has 1 amide bonds. The zero-order valence-corrected chi connectivity index (χ0v) is 26.9. The van der Waals surface area contributed by atoms with E-state index in [1.54, 1.807) is 13.0 Å². The number of carbonyl (C=O) groups is 1. The van der Waals surface area contributed by atoms with Gasteiger partial charge in [-0.3, -0.25) is 4.79 Å². The van der Waals surface area contributed by atoms with Crippen molar-refractivity contribution in [2.45, 2.75) is 57.7 Å². The van der Waals surface area contributed by atoms with Gasteiger partial charge in [0.1, 0.15) is 17.2 Å². The number of piperidine rings is 1. The molecule has 2 unspecified atom stereocenters. The third kappa shape index (κ3) is 8.22. The number of aryl methyl sites for hydroxylation is 1. The quantitative estimate of drug-likeness (QED) is 0.242. The number of halogens is 1. The third-order valence-corrected chi connectivity index (χ3v) is 7.82. The summed E-state index contributed by atoms with van der Waals surface area (Å²) in [4.78, 5) is 46.1. The fourth-order valence-corrected chi connectivity index (χ4v) is 5.65. The second kappa shape index (κ2) is 13.4. The zero-order chi connectivity index (χ0) is 25.4. The van der Waals surface area contributed by atoms with Crippen LogP contribution in [0, 0.1) is 24.6 Å². The summed E-state index contributed by atoms with van der Waals surface area (Å²) < 4.78 is 29.4. The molecule has 38 heavy (non-hydrogen) atoms. The van der Waals surface area contributed by atoms with E-state index in [9.17, 15) is 23.5 Å². The van der Waals surface area contributed by atoms with Gasteiger partial charge in [-0.1, -0.05) is 12.1 Å². The van der Waals surface area contributed by atoms with E-state index < -0.39 is 13.9 Å².